The Morgan fingerprint density at radius 1 is 1.32 bits per heavy atom. The van der Waals surface area contributed by atoms with Gasteiger partial charge in [-0.05, 0) is 37.1 Å². The van der Waals surface area contributed by atoms with E-state index in [1.54, 1.807) is 7.11 Å². The quantitative estimate of drug-likeness (QED) is 0.610. The zero-order valence-electron chi connectivity index (χ0n) is 16.4. The van der Waals surface area contributed by atoms with Crippen LogP contribution in [0.15, 0.2) is 36.4 Å². The van der Waals surface area contributed by atoms with Crippen molar-refractivity contribution in [2.45, 2.75) is 38.5 Å². The van der Waals surface area contributed by atoms with Crippen LogP contribution < -0.4 is 10.6 Å². The number of carbonyl (C=O) groups is 1. The molecule has 0 spiro atoms. The van der Waals surface area contributed by atoms with E-state index in [2.05, 4.69) is 34.6 Å². The van der Waals surface area contributed by atoms with Gasteiger partial charge in [0.15, 0.2) is 0 Å². The first-order valence-electron chi connectivity index (χ1n) is 9.59. The molecule has 152 valence electrons. The molecule has 1 fully saturated rings. The lowest BCUT2D eigenvalue weighted by atomic mass is 10.1. The molecule has 7 heteroatoms. The maximum Gasteiger partial charge on any atom is 0.237 e. The summed E-state index contributed by atoms with van der Waals surface area (Å²) in [5, 5.41) is 7.36. The lowest BCUT2D eigenvalue weighted by molar-refractivity contribution is -0.125. The van der Waals surface area contributed by atoms with E-state index in [1.165, 1.54) is 9.75 Å². The molecule has 0 radical (unpaired) electrons. The first-order chi connectivity index (χ1) is 13.6. The van der Waals surface area contributed by atoms with E-state index in [1.807, 2.05) is 35.6 Å². The topological polar surface area (TPSA) is 53.6 Å². The van der Waals surface area contributed by atoms with Crippen LogP contribution in [0.1, 0.15) is 21.7 Å². The zero-order chi connectivity index (χ0) is 19.9. The maximum atomic E-state index is 12.8. The lowest BCUT2D eigenvalue weighted by Crippen LogP contribution is -2.43. The van der Waals surface area contributed by atoms with Gasteiger partial charge in [-0.1, -0.05) is 29.8 Å². The normalized spacial score (nSPS) is 19.8. The summed E-state index contributed by atoms with van der Waals surface area (Å²) in [5.41, 5.74) is 1.05. The third-order valence-corrected chi connectivity index (χ3v) is 6.37. The molecule has 3 rings (SSSR count). The van der Waals surface area contributed by atoms with Crippen LogP contribution in [-0.2, 0) is 22.6 Å². The molecule has 28 heavy (non-hydrogen) atoms. The van der Waals surface area contributed by atoms with E-state index >= 15 is 0 Å². The number of rotatable bonds is 9. The van der Waals surface area contributed by atoms with Gasteiger partial charge in [0.1, 0.15) is 0 Å². The van der Waals surface area contributed by atoms with Crippen LogP contribution in [0, 0.1) is 6.92 Å². The average Bonchev–Trinajstić information content (AvgIpc) is 3.28. The molecule has 2 heterocycles. The summed E-state index contributed by atoms with van der Waals surface area (Å²) < 4.78 is 5.05. The molecule has 1 amide bonds. The van der Waals surface area contributed by atoms with Gasteiger partial charge < -0.3 is 15.4 Å². The largest absolute Gasteiger partial charge is 0.383 e. The standard InChI is InChI=1S/C21H28ClN3O2S/c1-15-7-8-18(28-15)12-24-17-11-20(21(26)23-9-10-27-2)25(14-17)13-16-5-3-4-6-19(16)22/h3-8,17,20,24H,9-14H2,1-2H3,(H,23,26)/t17-,20-/m0/s1. The van der Waals surface area contributed by atoms with E-state index in [4.69, 9.17) is 16.3 Å². The average molecular weight is 422 g/mol. The van der Waals surface area contributed by atoms with Crippen LogP contribution in [0.2, 0.25) is 5.02 Å². The predicted molar refractivity (Wildman–Crippen MR) is 115 cm³/mol. The second-order valence-electron chi connectivity index (χ2n) is 7.15. The van der Waals surface area contributed by atoms with Crippen molar-refractivity contribution in [3.05, 3.63) is 56.7 Å². The van der Waals surface area contributed by atoms with Gasteiger partial charge in [0.25, 0.3) is 0 Å². The molecule has 5 nitrogen and oxygen atoms in total. The molecule has 1 saturated heterocycles. The lowest BCUT2D eigenvalue weighted by Gasteiger charge is -2.24. The van der Waals surface area contributed by atoms with Gasteiger partial charge in [-0.3, -0.25) is 9.69 Å². The van der Waals surface area contributed by atoms with E-state index in [9.17, 15) is 4.79 Å². The SMILES string of the molecule is COCCNC(=O)[C@@H]1C[C@H](NCc2ccc(C)s2)CN1Cc1ccccc1Cl. The number of nitrogens with zero attached hydrogens (tertiary/aromatic N) is 1. The maximum absolute atomic E-state index is 12.8. The number of ether oxygens (including phenoxy) is 1. The summed E-state index contributed by atoms with van der Waals surface area (Å²) in [5.74, 6) is 0.0559. The first kappa shape index (κ1) is 21.3. The molecule has 2 atom stereocenters. The molecule has 2 N–H and O–H groups in total. The Morgan fingerprint density at radius 3 is 2.86 bits per heavy atom. The fourth-order valence-corrected chi connectivity index (χ4v) is 4.60. The van der Waals surface area contributed by atoms with Crippen molar-refractivity contribution in [1.82, 2.24) is 15.5 Å². The van der Waals surface area contributed by atoms with Crippen LogP contribution in [0.5, 0.6) is 0 Å². The minimum Gasteiger partial charge on any atom is -0.383 e. The number of aryl methyl sites for hydroxylation is 1. The van der Waals surface area contributed by atoms with Crippen molar-refractivity contribution in [3.8, 4) is 0 Å². The summed E-state index contributed by atoms with van der Waals surface area (Å²) in [7, 11) is 1.64. The van der Waals surface area contributed by atoms with Crippen LogP contribution in [0.4, 0.5) is 0 Å². The van der Waals surface area contributed by atoms with E-state index < -0.39 is 0 Å². The highest BCUT2D eigenvalue weighted by Gasteiger charge is 2.36. The summed E-state index contributed by atoms with van der Waals surface area (Å²) in [6.45, 7) is 5.48. The number of hydrogen-bond acceptors (Lipinski definition) is 5. The number of amides is 1. The monoisotopic (exact) mass is 421 g/mol. The molecule has 0 saturated carbocycles. The van der Waals surface area contributed by atoms with E-state index in [0.29, 0.717) is 19.7 Å². The summed E-state index contributed by atoms with van der Waals surface area (Å²) in [4.78, 5) is 17.6. The Bertz CT molecular complexity index is 783. The Balaban J connectivity index is 1.64. The van der Waals surface area contributed by atoms with Crippen molar-refractivity contribution in [1.29, 1.82) is 0 Å². The molecule has 1 aromatic carbocycles. The molecule has 2 aromatic rings. The van der Waals surface area contributed by atoms with Gasteiger partial charge >= 0.3 is 0 Å². The molecule has 0 aliphatic carbocycles. The van der Waals surface area contributed by atoms with Crippen LogP contribution >= 0.6 is 22.9 Å². The number of methoxy groups -OCH3 is 1. The molecular weight excluding hydrogens is 394 g/mol. The predicted octanol–water partition coefficient (Wildman–Crippen LogP) is 3.21. The highest BCUT2D eigenvalue weighted by atomic mass is 35.5. The minimum absolute atomic E-state index is 0.0559. The molecule has 0 unspecified atom stereocenters. The summed E-state index contributed by atoms with van der Waals surface area (Å²) in [6.07, 6.45) is 0.785. The number of carbonyl (C=O) groups excluding carboxylic acids is 1. The van der Waals surface area contributed by atoms with Crippen LogP contribution in [-0.4, -0.2) is 49.7 Å². The zero-order valence-corrected chi connectivity index (χ0v) is 18.0. The molecular formula is C21H28ClN3O2S. The Morgan fingerprint density at radius 2 is 2.14 bits per heavy atom. The second-order valence-corrected chi connectivity index (χ2v) is 8.93. The van der Waals surface area contributed by atoms with Crippen molar-refractivity contribution >= 4 is 28.8 Å². The van der Waals surface area contributed by atoms with Crippen molar-refractivity contribution < 1.29 is 9.53 Å². The molecule has 1 aliphatic heterocycles. The van der Waals surface area contributed by atoms with Gasteiger partial charge in [-0.15, -0.1) is 11.3 Å². The highest BCUT2D eigenvalue weighted by Crippen LogP contribution is 2.25. The smallest absolute Gasteiger partial charge is 0.237 e. The number of likely N-dealkylation sites (tertiary alicyclic amines) is 1. The third-order valence-electron chi connectivity index (χ3n) is 5.00. The van der Waals surface area contributed by atoms with Crippen molar-refractivity contribution in [3.63, 3.8) is 0 Å². The number of benzene rings is 1. The van der Waals surface area contributed by atoms with Crippen LogP contribution in [0.3, 0.4) is 0 Å². The van der Waals surface area contributed by atoms with Gasteiger partial charge in [0.2, 0.25) is 5.91 Å². The molecule has 1 aromatic heterocycles. The van der Waals surface area contributed by atoms with Gasteiger partial charge in [0.05, 0.1) is 12.6 Å². The Kier molecular flexibility index (Phi) is 7.88. The van der Waals surface area contributed by atoms with Crippen LogP contribution in [0.25, 0.3) is 0 Å². The first-order valence-corrected chi connectivity index (χ1v) is 10.8. The van der Waals surface area contributed by atoms with Gasteiger partial charge in [-0.25, -0.2) is 0 Å². The Hall–Kier alpha value is -1.44. The van der Waals surface area contributed by atoms with E-state index in [0.717, 1.165) is 30.1 Å². The van der Waals surface area contributed by atoms with E-state index in [-0.39, 0.29) is 18.0 Å². The van der Waals surface area contributed by atoms with Gasteiger partial charge in [-0.2, -0.15) is 0 Å². The minimum atomic E-state index is -0.171. The van der Waals surface area contributed by atoms with Crippen molar-refractivity contribution in [2.24, 2.45) is 0 Å². The third kappa shape index (κ3) is 5.78. The number of thiophene rings is 1. The number of nitrogens with one attached hydrogen (secondary N) is 2. The highest BCUT2D eigenvalue weighted by molar-refractivity contribution is 7.11. The summed E-state index contributed by atoms with van der Waals surface area (Å²) in [6, 6.07) is 12.2. The Labute approximate surface area is 176 Å². The fourth-order valence-electron chi connectivity index (χ4n) is 3.56. The van der Waals surface area contributed by atoms with Crippen molar-refractivity contribution in [2.75, 3.05) is 26.8 Å². The number of hydrogen-bond donors (Lipinski definition) is 2. The van der Waals surface area contributed by atoms with Gasteiger partial charge in [0, 0.05) is 54.1 Å². The summed E-state index contributed by atoms with van der Waals surface area (Å²) >= 11 is 8.16. The molecule has 1 aliphatic rings. The fraction of sp³-hybridized carbons (Fsp3) is 0.476. The molecule has 0 bridgehead atoms. The number of halogens is 1. The second kappa shape index (κ2) is 10.4.